The number of hydrogen-bond acceptors (Lipinski definition) is 2. The molecule has 12 heavy (non-hydrogen) atoms. The lowest BCUT2D eigenvalue weighted by Gasteiger charge is -2.32. The van der Waals surface area contributed by atoms with Gasteiger partial charge in [0.25, 0.3) is 0 Å². The molecule has 1 aliphatic heterocycles. The summed E-state index contributed by atoms with van der Waals surface area (Å²) >= 11 is 1.87. The van der Waals surface area contributed by atoms with Crippen molar-refractivity contribution in [1.82, 2.24) is 4.98 Å². The molecule has 1 aromatic rings. The van der Waals surface area contributed by atoms with Crippen LogP contribution in [-0.2, 0) is 13.0 Å². The summed E-state index contributed by atoms with van der Waals surface area (Å²) in [6.07, 6.45) is 1.22. The molecule has 0 saturated carbocycles. The van der Waals surface area contributed by atoms with E-state index in [1.807, 2.05) is 11.3 Å². The van der Waals surface area contributed by atoms with Crippen LogP contribution in [0, 0.1) is 6.92 Å². The van der Waals surface area contributed by atoms with Crippen molar-refractivity contribution < 1.29 is 4.48 Å². The van der Waals surface area contributed by atoms with E-state index in [0.717, 1.165) is 11.0 Å². The Hall–Kier alpha value is -0.410. The van der Waals surface area contributed by atoms with Crippen molar-refractivity contribution in [2.75, 3.05) is 20.6 Å². The van der Waals surface area contributed by atoms with Crippen LogP contribution in [0.15, 0.2) is 0 Å². The molecule has 2 rings (SSSR count). The highest BCUT2D eigenvalue weighted by molar-refractivity contribution is 7.11. The monoisotopic (exact) mass is 183 g/mol. The molecule has 0 spiro atoms. The molecule has 0 unspecified atom stereocenters. The van der Waals surface area contributed by atoms with Gasteiger partial charge in [-0.05, 0) is 6.92 Å². The van der Waals surface area contributed by atoms with E-state index in [0.29, 0.717) is 0 Å². The first-order chi connectivity index (χ1) is 5.57. The third kappa shape index (κ3) is 1.39. The maximum Gasteiger partial charge on any atom is 0.122 e. The summed E-state index contributed by atoms with van der Waals surface area (Å²) in [4.78, 5) is 6.07. The molecule has 66 valence electrons. The lowest BCUT2D eigenvalue weighted by atomic mass is 10.1. The maximum absolute atomic E-state index is 4.55. The quantitative estimate of drug-likeness (QED) is 0.557. The Balaban J connectivity index is 2.34. The van der Waals surface area contributed by atoms with Crippen LogP contribution in [0.1, 0.15) is 15.6 Å². The van der Waals surface area contributed by atoms with Crippen molar-refractivity contribution in [2.45, 2.75) is 19.9 Å². The molecular weight excluding hydrogens is 168 g/mol. The third-order valence-electron chi connectivity index (χ3n) is 2.41. The number of hydrogen-bond donors (Lipinski definition) is 0. The molecule has 0 atom stereocenters. The Morgan fingerprint density at radius 1 is 1.42 bits per heavy atom. The van der Waals surface area contributed by atoms with Crippen LogP contribution in [-0.4, -0.2) is 30.1 Å². The van der Waals surface area contributed by atoms with Gasteiger partial charge in [-0.3, -0.25) is 0 Å². The predicted octanol–water partition coefficient (Wildman–Crippen LogP) is 1.58. The van der Waals surface area contributed by atoms with Gasteiger partial charge in [0.15, 0.2) is 0 Å². The average Bonchev–Trinajstić information content (AvgIpc) is 2.26. The van der Waals surface area contributed by atoms with E-state index >= 15 is 0 Å². The van der Waals surface area contributed by atoms with Gasteiger partial charge in [0.1, 0.15) is 12.2 Å². The van der Waals surface area contributed by atoms with E-state index in [4.69, 9.17) is 0 Å². The van der Waals surface area contributed by atoms with Crippen LogP contribution in [0.3, 0.4) is 0 Å². The Morgan fingerprint density at radius 3 is 2.92 bits per heavy atom. The van der Waals surface area contributed by atoms with Gasteiger partial charge >= 0.3 is 0 Å². The topological polar surface area (TPSA) is 12.9 Å². The molecule has 3 heteroatoms. The molecule has 0 aromatic carbocycles. The number of aromatic nitrogens is 1. The third-order valence-corrected chi connectivity index (χ3v) is 3.48. The Morgan fingerprint density at radius 2 is 2.17 bits per heavy atom. The maximum atomic E-state index is 4.55. The van der Waals surface area contributed by atoms with Crippen molar-refractivity contribution in [3.8, 4) is 0 Å². The number of thiazole rings is 1. The van der Waals surface area contributed by atoms with Crippen LogP contribution >= 0.6 is 11.3 Å². The molecule has 0 fully saturated rings. The predicted molar refractivity (Wildman–Crippen MR) is 51.2 cm³/mol. The normalized spacial score (nSPS) is 20.6. The number of fused-ring (bicyclic) bond motifs is 1. The Bertz CT molecular complexity index is 301. The minimum Gasteiger partial charge on any atom is -0.323 e. The molecule has 0 aliphatic carbocycles. The van der Waals surface area contributed by atoms with Crippen molar-refractivity contribution >= 4 is 11.3 Å². The van der Waals surface area contributed by atoms with E-state index in [1.165, 1.54) is 28.5 Å². The number of likely N-dealkylation sites (N-methyl/N-ethyl adjacent to an activating group) is 1. The largest absolute Gasteiger partial charge is 0.323 e. The van der Waals surface area contributed by atoms with E-state index in [2.05, 4.69) is 26.0 Å². The van der Waals surface area contributed by atoms with Crippen LogP contribution in [0.25, 0.3) is 0 Å². The lowest BCUT2D eigenvalue weighted by Crippen LogP contribution is -2.43. The highest BCUT2D eigenvalue weighted by atomic mass is 32.1. The van der Waals surface area contributed by atoms with E-state index < -0.39 is 0 Å². The van der Waals surface area contributed by atoms with E-state index in [-0.39, 0.29) is 0 Å². The standard InChI is InChI=1S/C9H15N2S/c1-7-10-8-6-11(2,3)5-4-9(8)12-7/h4-6H2,1-3H3/q+1. The van der Waals surface area contributed by atoms with E-state index in [1.54, 1.807) is 0 Å². The second-order valence-corrected chi connectivity index (χ2v) is 5.46. The molecule has 1 aliphatic rings. The second-order valence-electron chi connectivity index (χ2n) is 4.17. The van der Waals surface area contributed by atoms with Gasteiger partial charge < -0.3 is 4.48 Å². The van der Waals surface area contributed by atoms with Gasteiger partial charge in [0.05, 0.1) is 25.6 Å². The SMILES string of the molecule is Cc1nc2c(s1)CC[N+](C)(C)C2. The van der Waals surface area contributed by atoms with Crippen LogP contribution in [0.2, 0.25) is 0 Å². The number of nitrogens with zero attached hydrogens (tertiary/aromatic N) is 2. The average molecular weight is 183 g/mol. The highest BCUT2D eigenvalue weighted by Gasteiger charge is 2.26. The highest BCUT2D eigenvalue weighted by Crippen LogP contribution is 2.26. The van der Waals surface area contributed by atoms with Crippen LogP contribution in [0.4, 0.5) is 0 Å². The smallest absolute Gasteiger partial charge is 0.122 e. The first-order valence-electron chi connectivity index (χ1n) is 4.34. The molecule has 0 radical (unpaired) electrons. The number of aryl methyl sites for hydroxylation is 1. The zero-order chi connectivity index (χ0) is 8.77. The molecule has 0 saturated heterocycles. The van der Waals surface area contributed by atoms with Crippen molar-refractivity contribution in [1.29, 1.82) is 0 Å². The van der Waals surface area contributed by atoms with Gasteiger partial charge in [0.2, 0.25) is 0 Å². The van der Waals surface area contributed by atoms with Crippen molar-refractivity contribution in [2.24, 2.45) is 0 Å². The first kappa shape index (κ1) is 8.20. The van der Waals surface area contributed by atoms with Crippen molar-refractivity contribution in [3.63, 3.8) is 0 Å². The van der Waals surface area contributed by atoms with Gasteiger partial charge in [-0.1, -0.05) is 0 Å². The zero-order valence-corrected chi connectivity index (χ0v) is 8.74. The van der Waals surface area contributed by atoms with Gasteiger partial charge in [0, 0.05) is 11.3 Å². The molecule has 0 amide bonds. The van der Waals surface area contributed by atoms with Crippen LogP contribution in [0.5, 0.6) is 0 Å². The molecule has 1 aromatic heterocycles. The fourth-order valence-electron chi connectivity index (χ4n) is 1.72. The minimum atomic E-state index is 1.09. The summed E-state index contributed by atoms with van der Waals surface area (Å²) in [6.45, 7) is 4.47. The number of rotatable bonds is 0. The Labute approximate surface area is 77.4 Å². The number of quaternary nitrogens is 1. The molecule has 0 bridgehead atoms. The first-order valence-corrected chi connectivity index (χ1v) is 5.16. The van der Waals surface area contributed by atoms with Gasteiger partial charge in [-0.15, -0.1) is 11.3 Å². The molecular formula is C9H15N2S+. The summed E-state index contributed by atoms with van der Waals surface area (Å²) in [6, 6.07) is 0. The zero-order valence-electron chi connectivity index (χ0n) is 7.92. The lowest BCUT2D eigenvalue weighted by molar-refractivity contribution is -0.905. The molecule has 2 heterocycles. The van der Waals surface area contributed by atoms with Crippen molar-refractivity contribution in [3.05, 3.63) is 15.6 Å². The van der Waals surface area contributed by atoms with Gasteiger partial charge in [-0.2, -0.15) is 0 Å². The summed E-state index contributed by atoms with van der Waals surface area (Å²) in [7, 11) is 4.55. The summed E-state index contributed by atoms with van der Waals surface area (Å²) in [5, 5.41) is 1.22. The summed E-state index contributed by atoms with van der Waals surface area (Å²) in [5.74, 6) is 0. The molecule has 2 nitrogen and oxygen atoms in total. The fraction of sp³-hybridized carbons (Fsp3) is 0.667. The fourth-order valence-corrected chi connectivity index (χ4v) is 2.65. The van der Waals surface area contributed by atoms with Gasteiger partial charge in [-0.25, -0.2) is 4.98 Å². The summed E-state index contributed by atoms with van der Waals surface area (Å²) in [5.41, 5.74) is 1.34. The molecule has 0 N–H and O–H groups in total. The van der Waals surface area contributed by atoms with E-state index in [9.17, 15) is 0 Å². The Kier molecular flexibility index (Phi) is 1.73. The summed E-state index contributed by atoms with van der Waals surface area (Å²) < 4.78 is 1.09. The minimum absolute atomic E-state index is 1.09. The van der Waals surface area contributed by atoms with Crippen LogP contribution < -0.4 is 0 Å². The second kappa shape index (κ2) is 2.54.